The first-order valence-electron chi connectivity index (χ1n) is 7.46. The van der Waals surface area contributed by atoms with Crippen molar-refractivity contribution in [2.45, 2.75) is 12.5 Å². The molecule has 2 aromatic rings. The summed E-state index contributed by atoms with van der Waals surface area (Å²) in [5.74, 6) is -0.153. The maximum absolute atomic E-state index is 12.4. The third kappa shape index (κ3) is 5.61. The van der Waals surface area contributed by atoms with Crippen molar-refractivity contribution < 1.29 is 23.8 Å². The summed E-state index contributed by atoms with van der Waals surface area (Å²) in [6, 6.07) is 17.6. The number of hydrogen-bond acceptors (Lipinski definition) is 5. The van der Waals surface area contributed by atoms with Gasteiger partial charge in [0.1, 0.15) is 11.5 Å². The Morgan fingerprint density at radius 2 is 1.54 bits per heavy atom. The van der Waals surface area contributed by atoms with Gasteiger partial charge in [0.05, 0.1) is 6.61 Å². The molecule has 0 heterocycles. The van der Waals surface area contributed by atoms with Gasteiger partial charge in [0, 0.05) is 12.5 Å². The van der Waals surface area contributed by atoms with Crippen molar-refractivity contribution in [3.05, 3.63) is 73.3 Å². The highest BCUT2D eigenvalue weighted by molar-refractivity contribution is 5.81. The molecule has 5 heteroatoms. The molecule has 2 rings (SSSR count). The van der Waals surface area contributed by atoms with Gasteiger partial charge in [-0.05, 0) is 24.3 Å². The summed E-state index contributed by atoms with van der Waals surface area (Å²) >= 11 is 0. The second kappa shape index (κ2) is 9.15. The molecule has 24 heavy (non-hydrogen) atoms. The summed E-state index contributed by atoms with van der Waals surface area (Å²) < 4.78 is 15.9. The van der Waals surface area contributed by atoms with Crippen LogP contribution in [0.5, 0.6) is 11.5 Å². The molecule has 0 radical (unpaired) electrons. The van der Waals surface area contributed by atoms with Gasteiger partial charge in [-0.3, -0.25) is 0 Å². The lowest BCUT2D eigenvalue weighted by Crippen LogP contribution is -2.33. The average molecular weight is 326 g/mol. The summed E-state index contributed by atoms with van der Waals surface area (Å²) in [7, 11) is 0. The number of benzene rings is 2. The van der Waals surface area contributed by atoms with Crippen LogP contribution in [0.3, 0.4) is 0 Å². The third-order valence-corrected chi connectivity index (χ3v) is 3.04. The zero-order valence-electron chi connectivity index (χ0n) is 13.1. The molecular formula is C19H18O5. The Morgan fingerprint density at radius 1 is 0.958 bits per heavy atom. The van der Waals surface area contributed by atoms with Gasteiger partial charge in [-0.2, -0.15) is 0 Å². The van der Waals surface area contributed by atoms with E-state index in [4.69, 9.17) is 14.2 Å². The Morgan fingerprint density at radius 3 is 2.12 bits per heavy atom. The predicted molar refractivity (Wildman–Crippen MR) is 88.7 cm³/mol. The Kier molecular flexibility index (Phi) is 6.58. The first-order valence-corrected chi connectivity index (χ1v) is 7.46. The van der Waals surface area contributed by atoms with Crippen LogP contribution in [0.15, 0.2) is 73.3 Å². The number of carbonyl (C=O) groups excluding carboxylic acids is 2. The zero-order chi connectivity index (χ0) is 17.2. The summed E-state index contributed by atoms with van der Waals surface area (Å²) in [4.78, 5) is 23.5. The van der Waals surface area contributed by atoms with Crippen molar-refractivity contribution in [2.24, 2.45) is 0 Å². The van der Waals surface area contributed by atoms with Crippen LogP contribution in [0, 0.1) is 0 Å². The van der Waals surface area contributed by atoms with Crippen LogP contribution >= 0.6 is 0 Å². The predicted octanol–water partition coefficient (Wildman–Crippen LogP) is 3.16. The van der Waals surface area contributed by atoms with E-state index in [1.807, 2.05) is 12.1 Å². The lowest BCUT2D eigenvalue weighted by molar-refractivity contribution is -0.146. The van der Waals surface area contributed by atoms with E-state index < -0.39 is 18.0 Å². The van der Waals surface area contributed by atoms with Crippen molar-refractivity contribution in [3.63, 3.8) is 0 Å². The van der Waals surface area contributed by atoms with Gasteiger partial charge in [0.25, 0.3) is 0 Å². The minimum absolute atomic E-state index is 0.0201. The van der Waals surface area contributed by atoms with Gasteiger partial charge in [0.2, 0.25) is 0 Å². The molecule has 0 spiro atoms. The molecule has 2 aromatic carbocycles. The SMILES string of the molecule is C=CC(=O)OCCC(Oc1ccccc1)C(=O)Oc1ccccc1. The highest BCUT2D eigenvalue weighted by Crippen LogP contribution is 2.16. The molecule has 0 fully saturated rings. The van der Waals surface area contributed by atoms with Crippen molar-refractivity contribution >= 4 is 11.9 Å². The smallest absolute Gasteiger partial charge is 0.352 e. The van der Waals surface area contributed by atoms with Gasteiger partial charge in [-0.25, -0.2) is 9.59 Å². The highest BCUT2D eigenvalue weighted by atomic mass is 16.6. The molecular weight excluding hydrogens is 308 g/mol. The standard InChI is InChI=1S/C19H18O5/c1-2-18(20)22-14-13-17(23-15-9-5-3-6-10-15)19(21)24-16-11-7-4-8-12-16/h2-12,17H,1,13-14H2. The number of hydrogen-bond donors (Lipinski definition) is 0. The van der Waals surface area contributed by atoms with Crippen LogP contribution in [-0.4, -0.2) is 24.6 Å². The highest BCUT2D eigenvalue weighted by Gasteiger charge is 2.23. The van der Waals surface area contributed by atoms with Crippen LogP contribution in [0.25, 0.3) is 0 Å². The second-order valence-electron chi connectivity index (χ2n) is 4.81. The van der Waals surface area contributed by atoms with E-state index in [0.29, 0.717) is 11.5 Å². The first-order chi connectivity index (χ1) is 11.7. The van der Waals surface area contributed by atoms with Gasteiger partial charge in [-0.15, -0.1) is 0 Å². The number of para-hydroxylation sites is 2. The van der Waals surface area contributed by atoms with E-state index in [9.17, 15) is 9.59 Å². The maximum Gasteiger partial charge on any atom is 0.352 e. The molecule has 1 atom stereocenters. The van der Waals surface area contributed by atoms with Crippen LogP contribution in [0.1, 0.15) is 6.42 Å². The van der Waals surface area contributed by atoms with E-state index in [-0.39, 0.29) is 13.0 Å². The van der Waals surface area contributed by atoms with E-state index >= 15 is 0 Å². The maximum atomic E-state index is 12.4. The van der Waals surface area contributed by atoms with Crippen LogP contribution in [0.4, 0.5) is 0 Å². The van der Waals surface area contributed by atoms with Gasteiger partial charge < -0.3 is 14.2 Å². The number of ether oxygens (including phenoxy) is 3. The molecule has 0 aliphatic carbocycles. The van der Waals surface area contributed by atoms with Gasteiger partial charge in [0.15, 0.2) is 6.10 Å². The van der Waals surface area contributed by atoms with Crippen molar-refractivity contribution in [1.29, 1.82) is 0 Å². The minimum atomic E-state index is -0.898. The zero-order valence-corrected chi connectivity index (χ0v) is 13.1. The molecule has 0 N–H and O–H groups in total. The number of esters is 2. The van der Waals surface area contributed by atoms with Gasteiger partial charge >= 0.3 is 11.9 Å². The monoisotopic (exact) mass is 326 g/mol. The molecule has 0 saturated carbocycles. The Labute approximate surface area is 140 Å². The Hall–Kier alpha value is -3.08. The topological polar surface area (TPSA) is 61.8 Å². The minimum Gasteiger partial charge on any atom is -0.479 e. The molecule has 0 amide bonds. The van der Waals surface area contributed by atoms with Gasteiger partial charge in [-0.1, -0.05) is 43.0 Å². The molecule has 0 aliphatic heterocycles. The summed E-state index contributed by atoms with van der Waals surface area (Å²) in [6.07, 6.45) is 0.334. The first kappa shape index (κ1) is 17.3. The van der Waals surface area contributed by atoms with Crippen LogP contribution in [-0.2, 0) is 14.3 Å². The molecule has 124 valence electrons. The lowest BCUT2D eigenvalue weighted by atomic mass is 10.2. The number of carbonyl (C=O) groups is 2. The van der Waals surface area contributed by atoms with E-state index in [2.05, 4.69) is 6.58 Å². The van der Waals surface area contributed by atoms with E-state index in [1.165, 1.54) is 0 Å². The molecule has 5 nitrogen and oxygen atoms in total. The Bertz CT molecular complexity index is 667. The lowest BCUT2D eigenvalue weighted by Gasteiger charge is -2.17. The van der Waals surface area contributed by atoms with Crippen molar-refractivity contribution in [2.75, 3.05) is 6.61 Å². The quantitative estimate of drug-likeness (QED) is 0.424. The van der Waals surface area contributed by atoms with E-state index in [0.717, 1.165) is 6.08 Å². The fraction of sp³-hybridized carbons (Fsp3) is 0.158. The van der Waals surface area contributed by atoms with Crippen LogP contribution in [0.2, 0.25) is 0 Å². The fourth-order valence-corrected chi connectivity index (χ4v) is 1.88. The summed E-state index contributed by atoms with van der Waals surface area (Å²) in [5.41, 5.74) is 0. The van der Waals surface area contributed by atoms with Crippen molar-refractivity contribution in [3.8, 4) is 11.5 Å². The third-order valence-electron chi connectivity index (χ3n) is 3.04. The molecule has 0 aliphatic rings. The molecule has 0 bridgehead atoms. The second-order valence-corrected chi connectivity index (χ2v) is 4.81. The average Bonchev–Trinajstić information content (AvgIpc) is 2.62. The molecule has 1 unspecified atom stereocenters. The summed E-state index contributed by atoms with van der Waals surface area (Å²) in [5, 5.41) is 0. The van der Waals surface area contributed by atoms with Crippen molar-refractivity contribution in [1.82, 2.24) is 0 Å². The molecule has 0 aromatic heterocycles. The fourth-order valence-electron chi connectivity index (χ4n) is 1.88. The van der Waals surface area contributed by atoms with E-state index in [1.54, 1.807) is 48.5 Å². The molecule has 0 saturated heterocycles. The largest absolute Gasteiger partial charge is 0.479 e. The number of rotatable bonds is 8. The Balaban J connectivity index is 2.01. The summed E-state index contributed by atoms with van der Waals surface area (Å²) in [6.45, 7) is 3.34. The normalized spacial score (nSPS) is 11.2. The van der Waals surface area contributed by atoms with Crippen LogP contribution < -0.4 is 9.47 Å².